The molecule has 2 aromatic heterocycles. The van der Waals surface area contributed by atoms with Gasteiger partial charge in [-0.2, -0.15) is 36.9 Å². The summed E-state index contributed by atoms with van der Waals surface area (Å²) in [5.41, 5.74) is -1.35. The van der Waals surface area contributed by atoms with Gasteiger partial charge in [0.1, 0.15) is 12.1 Å². The van der Waals surface area contributed by atoms with Crippen molar-refractivity contribution in [2.45, 2.75) is 12.4 Å². The zero-order valence-corrected chi connectivity index (χ0v) is 18.4. The second kappa shape index (κ2) is 8.35. The largest absolute Gasteiger partial charge is 0.416 e. The molecule has 0 fully saturated rings. The first-order valence-corrected chi connectivity index (χ1v) is 10.5. The van der Waals surface area contributed by atoms with E-state index in [1.54, 1.807) is 0 Å². The van der Waals surface area contributed by atoms with E-state index in [2.05, 4.69) is 9.97 Å². The molecule has 2 heterocycles. The number of aromatic nitrogens is 3. The number of rotatable bonds is 2. The second-order valence-corrected chi connectivity index (χ2v) is 8.05. The minimum absolute atomic E-state index is 0.0111. The third-order valence-corrected chi connectivity index (χ3v) is 5.82. The zero-order valence-electron chi connectivity index (χ0n) is 18.4. The van der Waals surface area contributed by atoms with Gasteiger partial charge in [0.15, 0.2) is 5.82 Å². The van der Waals surface area contributed by atoms with Crippen molar-refractivity contribution in [3.05, 3.63) is 89.2 Å². The summed E-state index contributed by atoms with van der Waals surface area (Å²) in [4.78, 5) is 8.13. The van der Waals surface area contributed by atoms with Gasteiger partial charge >= 0.3 is 12.4 Å². The van der Waals surface area contributed by atoms with E-state index in [0.717, 1.165) is 24.3 Å². The van der Waals surface area contributed by atoms with Gasteiger partial charge in [0.2, 0.25) is 0 Å². The summed E-state index contributed by atoms with van der Waals surface area (Å²) in [6.45, 7) is 0. The lowest BCUT2D eigenvalue weighted by molar-refractivity contribution is -0.138. The summed E-state index contributed by atoms with van der Waals surface area (Å²) in [5.74, 6) is 0.183. The molecule has 3 aromatic carbocycles. The van der Waals surface area contributed by atoms with Gasteiger partial charge in [0.05, 0.1) is 39.0 Å². The molecule has 0 bridgehead atoms. The van der Waals surface area contributed by atoms with Crippen molar-refractivity contribution in [2.75, 3.05) is 0 Å². The third kappa shape index (κ3) is 4.10. The van der Waals surface area contributed by atoms with Crippen LogP contribution in [0.25, 0.3) is 38.9 Å². The molecule has 0 amide bonds. The van der Waals surface area contributed by atoms with Gasteiger partial charge in [-0.3, -0.25) is 0 Å². The Balaban J connectivity index is 1.82. The molecule has 0 spiro atoms. The van der Waals surface area contributed by atoms with Crippen molar-refractivity contribution < 1.29 is 26.3 Å². The maximum absolute atomic E-state index is 13.5. The van der Waals surface area contributed by atoms with Gasteiger partial charge in [-0.25, -0.2) is 9.97 Å². The van der Waals surface area contributed by atoms with Gasteiger partial charge in [-0.05, 0) is 42.5 Å². The highest BCUT2D eigenvalue weighted by Gasteiger charge is 2.33. The summed E-state index contributed by atoms with van der Waals surface area (Å²) >= 11 is 0. The van der Waals surface area contributed by atoms with Crippen molar-refractivity contribution in [1.29, 1.82) is 10.5 Å². The van der Waals surface area contributed by atoms with Gasteiger partial charge in [-0.15, -0.1) is 0 Å². The monoisotopic (exact) mass is 507 g/mol. The molecule has 182 valence electrons. The Labute approximate surface area is 204 Å². The molecule has 5 nitrogen and oxygen atoms in total. The van der Waals surface area contributed by atoms with E-state index in [4.69, 9.17) is 5.26 Å². The van der Waals surface area contributed by atoms with E-state index in [9.17, 15) is 31.6 Å². The molecule has 0 N–H and O–H groups in total. The highest BCUT2D eigenvalue weighted by molar-refractivity contribution is 6.09. The molecule has 0 unspecified atom stereocenters. The number of nitriles is 2. The highest BCUT2D eigenvalue weighted by atomic mass is 19.4. The Morgan fingerprint density at radius 1 is 0.676 bits per heavy atom. The zero-order chi connectivity index (χ0) is 26.5. The predicted octanol–water partition coefficient (Wildman–Crippen LogP) is 7.02. The maximum Gasteiger partial charge on any atom is 0.416 e. The van der Waals surface area contributed by atoms with Crippen molar-refractivity contribution >= 4 is 21.8 Å². The molecule has 37 heavy (non-hydrogen) atoms. The fourth-order valence-electron chi connectivity index (χ4n) is 4.13. The molecule has 0 aliphatic heterocycles. The Bertz CT molecular complexity index is 1700. The molecule has 5 aromatic rings. The lowest BCUT2D eigenvalue weighted by atomic mass is 10.1. The van der Waals surface area contributed by atoms with Gasteiger partial charge in [-0.1, -0.05) is 12.1 Å². The van der Waals surface area contributed by atoms with Crippen LogP contribution in [0, 0.1) is 22.7 Å². The van der Waals surface area contributed by atoms with Crippen molar-refractivity contribution in [2.24, 2.45) is 0 Å². The van der Waals surface area contributed by atoms with E-state index in [1.165, 1.54) is 47.3 Å². The van der Waals surface area contributed by atoms with Crippen LogP contribution >= 0.6 is 0 Å². The number of halogens is 6. The van der Waals surface area contributed by atoms with Crippen LogP contribution in [0.1, 0.15) is 22.3 Å². The molecule has 5 rings (SSSR count). The van der Waals surface area contributed by atoms with Crippen molar-refractivity contribution in [1.82, 2.24) is 14.5 Å². The van der Waals surface area contributed by atoms with E-state index in [-0.39, 0.29) is 33.7 Å². The van der Waals surface area contributed by atoms with Crippen LogP contribution in [0.3, 0.4) is 0 Å². The third-order valence-electron chi connectivity index (χ3n) is 5.82. The molecular weight excluding hydrogens is 496 g/mol. The van der Waals surface area contributed by atoms with Crippen molar-refractivity contribution in [3.8, 4) is 29.2 Å². The molecule has 0 saturated heterocycles. The fraction of sp³-hybridized carbons (Fsp3) is 0.0769. The fourth-order valence-corrected chi connectivity index (χ4v) is 4.13. The molecule has 0 aliphatic rings. The predicted molar refractivity (Wildman–Crippen MR) is 121 cm³/mol. The molecule has 0 radical (unpaired) electrons. The van der Waals surface area contributed by atoms with Crippen molar-refractivity contribution in [3.63, 3.8) is 0 Å². The topological polar surface area (TPSA) is 78.3 Å². The summed E-state index contributed by atoms with van der Waals surface area (Å²) in [6, 6.07) is 14.0. The average Bonchev–Trinajstić information content (AvgIpc) is 3.20. The number of fused-ring (bicyclic) bond motifs is 3. The standard InChI is InChI=1S/C26H11F6N5/c27-25(28,29)17-2-4-19-20-5-3-18(26(30,31)32)9-23(20)37(22(19)8-17)21-6-1-15(7-16(21)11-34)24-35-12-14(10-33)13-36-24/h1-9,12-13H. The Kier molecular flexibility index (Phi) is 5.37. The average molecular weight is 507 g/mol. The van der Waals surface area contributed by atoms with Crippen LogP contribution in [0.2, 0.25) is 0 Å². The second-order valence-electron chi connectivity index (χ2n) is 8.05. The molecular formula is C26H11F6N5. The Morgan fingerprint density at radius 2 is 1.22 bits per heavy atom. The normalized spacial score (nSPS) is 12.0. The van der Waals surface area contributed by atoms with E-state index < -0.39 is 23.5 Å². The number of alkyl halides is 6. The summed E-state index contributed by atoms with van der Waals surface area (Å²) in [6.07, 6.45) is -6.82. The van der Waals surface area contributed by atoms with Gasteiger partial charge in [0, 0.05) is 28.7 Å². The first-order chi connectivity index (χ1) is 17.5. The SMILES string of the molecule is N#Cc1cnc(-c2ccc(-n3c4cc(C(F)(F)F)ccc4c4ccc(C(F)(F)F)cc43)c(C#N)c2)nc1. The first-order valence-electron chi connectivity index (χ1n) is 10.5. The molecule has 11 heteroatoms. The molecule has 0 atom stereocenters. The van der Waals surface area contributed by atoms with E-state index >= 15 is 0 Å². The Morgan fingerprint density at radius 3 is 1.68 bits per heavy atom. The summed E-state index contributed by atoms with van der Waals surface area (Å²) in [7, 11) is 0. The van der Waals surface area contributed by atoms with E-state index in [1.807, 2.05) is 12.1 Å². The van der Waals surface area contributed by atoms with Crippen LogP contribution < -0.4 is 0 Å². The smallest absolute Gasteiger partial charge is 0.308 e. The number of benzene rings is 3. The molecule has 0 aliphatic carbocycles. The van der Waals surface area contributed by atoms with Crippen LogP contribution in [-0.4, -0.2) is 14.5 Å². The maximum atomic E-state index is 13.5. The number of hydrogen-bond acceptors (Lipinski definition) is 4. The molecule has 0 saturated carbocycles. The highest BCUT2D eigenvalue weighted by Crippen LogP contribution is 2.40. The number of nitrogens with zero attached hydrogens (tertiary/aromatic N) is 5. The summed E-state index contributed by atoms with van der Waals surface area (Å²) < 4.78 is 82.3. The summed E-state index contributed by atoms with van der Waals surface area (Å²) in [5, 5.41) is 19.4. The minimum atomic E-state index is -4.69. The Hall–Kier alpha value is -4.90. The van der Waals surface area contributed by atoms with Crippen LogP contribution in [0.5, 0.6) is 0 Å². The van der Waals surface area contributed by atoms with Gasteiger partial charge in [0.25, 0.3) is 0 Å². The van der Waals surface area contributed by atoms with Crippen LogP contribution in [0.15, 0.2) is 67.0 Å². The van der Waals surface area contributed by atoms with E-state index in [0.29, 0.717) is 16.3 Å². The quantitative estimate of drug-likeness (QED) is 0.241. The minimum Gasteiger partial charge on any atom is -0.308 e. The van der Waals surface area contributed by atoms with Gasteiger partial charge < -0.3 is 4.57 Å². The van der Waals surface area contributed by atoms with Crippen LogP contribution in [-0.2, 0) is 12.4 Å². The van der Waals surface area contributed by atoms with Crippen LogP contribution in [0.4, 0.5) is 26.3 Å². The lowest BCUT2D eigenvalue weighted by Gasteiger charge is -2.13. The first kappa shape index (κ1) is 23.8. The lowest BCUT2D eigenvalue weighted by Crippen LogP contribution is -2.06. The number of hydrogen-bond donors (Lipinski definition) is 0.